The van der Waals surface area contributed by atoms with Gasteiger partial charge < -0.3 is 10.6 Å². The van der Waals surface area contributed by atoms with Gasteiger partial charge in [0.05, 0.1) is 6.54 Å². The lowest BCUT2D eigenvalue weighted by Gasteiger charge is -2.08. The third-order valence-corrected chi connectivity index (χ3v) is 2.95. The molecule has 0 bridgehead atoms. The van der Waals surface area contributed by atoms with Crippen molar-refractivity contribution >= 4 is 17.5 Å². The zero-order chi connectivity index (χ0) is 16.1. The summed E-state index contributed by atoms with van der Waals surface area (Å²) < 4.78 is 26.7. The Morgan fingerprint density at radius 2 is 1.59 bits per heavy atom. The van der Waals surface area contributed by atoms with Crippen LogP contribution in [0.5, 0.6) is 0 Å². The minimum absolute atomic E-state index is 0.388. The SMILES string of the molecule is Cc1ccc(C(=O)NCC(=O)Nc2c(F)cccc2F)cc1. The summed E-state index contributed by atoms with van der Waals surface area (Å²) in [6.45, 7) is 1.50. The lowest BCUT2D eigenvalue weighted by Crippen LogP contribution is -2.33. The minimum Gasteiger partial charge on any atom is -0.343 e. The highest BCUT2D eigenvalue weighted by Gasteiger charge is 2.13. The monoisotopic (exact) mass is 304 g/mol. The molecule has 6 heteroatoms. The van der Waals surface area contributed by atoms with Crippen molar-refractivity contribution in [1.29, 1.82) is 0 Å². The van der Waals surface area contributed by atoms with Crippen LogP contribution in [0, 0.1) is 18.6 Å². The van der Waals surface area contributed by atoms with Gasteiger partial charge in [0, 0.05) is 5.56 Å². The lowest BCUT2D eigenvalue weighted by molar-refractivity contribution is -0.115. The van der Waals surface area contributed by atoms with E-state index in [0.29, 0.717) is 5.56 Å². The van der Waals surface area contributed by atoms with Crippen molar-refractivity contribution in [3.8, 4) is 0 Å². The van der Waals surface area contributed by atoms with Gasteiger partial charge in [-0.15, -0.1) is 0 Å². The van der Waals surface area contributed by atoms with Crippen LogP contribution in [0.15, 0.2) is 42.5 Å². The Bertz CT molecular complexity index is 680. The van der Waals surface area contributed by atoms with Crippen LogP contribution in [0.25, 0.3) is 0 Å². The number of hydrogen-bond acceptors (Lipinski definition) is 2. The highest BCUT2D eigenvalue weighted by Crippen LogP contribution is 2.17. The molecule has 0 saturated carbocycles. The fraction of sp³-hybridized carbons (Fsp3) is 0.125. The molecule has 0 radical (unpaired) electrons. The highest BCUT2D eigenvalue weighted by molar-refractivity contribution is 5.99. The van der Waals surface area contributed by atoms with Gasteiger partial charge >= 0.3 is 0 Å². The summed E-state index contributed by atoms with van der Waals surface area (Å²) in [6, 6.07) is 10.0. The van der Waals surface area contributed by atoms with Gasteiger partial charge in [-0.1, -0.05) is 23.8 Å². The average molecular weight is 304 g/mol. The van der Waals surface area contributed by atoms with Crippen LogP contribution in [0.3, 0.4) is 0 Å². The lowest BCUT2D eigenvalue weighted by atomic mass is 10.1. The predicted octanol–water partition coefficient (Wildman–Crippen LogP) is 2.64. The molecule has 2 aromatic rings. The van der Waals surface area contributed by atoms with Gasteiger partial charge in [-0.05, 0) is 31.2 Å². The van der Waals surface area contributed by atoms with Crippen LogP contribution < -0.4 is 10.6 Å². The maximum atomic E-state index is 13.4. The van der Waals surface area contributed by atoms with E-state index in [9.17, 15) is 18.4 Å². The molecule has 0 aliphatic heterocycles. The molecule has 0 aliphatic carbocycles. The van der Waals surface area contributed by atoms with E-state index >= 15 is 0 Å². The summed E-state index contributed by atoms with van der Waals surface area (Å²) in [5, 5.41) is 4.47. The second-order valence-electron chi connectivity index (χ2n) is 4.69. The molecule has 0 unspecified atom stereocenters. The Morgan fingerprint density at radius 1 is 1.00 bits per heavy atom. The van der Waals surface area contributed by atoms with Crippen LogP contribution in [-0.2, 0) is 4.79 Å². The van der Waals surface area contributed by atoms with Gasteiger partial charge in [-0.3, -0.25) is 9.59 Å². The number of halogens is 2. The molecule has 0 fully saturated rings. The van der Waals surface area contributed by atoms with Gasteiger partial charge in [-0.2, -0.15) is 0 Å². The number of carbonyl (C=O) groups excluding carboxylic acids is 2. The number of anilines is 1. The van der Waals surface area contributed by atoms with E-state index in [-0.39, 0.29) is 6.54 Å². The van der Waals surface area contributed by atoms with E-state index in [1.807, 2.05) is 6.92 Å². The number of hydrogen-bond donors (Lipinski definition) is 2. The van der Waals surface area contributed by atoms with Gasteiger partial charge in [-0.25, -0.2) is 8.78 Å². The zero-order valence-corrected chi connectivity index (χ0v) is 11.8. The Kier molecular flexibility index (Phi) is 4.83. The summed E-state index contributed by atoms with van der Waals surface area (Å²) in [6.07, 6.45) is 0. The second kappa shape index (κ2) is 6.80. The van der Waals surface area contributed by atoms with Crippen molar-refractivity contribution in [3.63, 3.8) is 0 Å². The summed E-state index contributed by atoms with van der Waals surface area (Å²) >= 11 is 0. The van der Waals surface area contributed by atoms with E-state index in [0.717, 1.165) is 17.7 Å². The largest absolute Gasteiger partial charge is 0.343 e. The molecule has 4 nitrogen and oxygen atoms in total. The van der Waals surface area contributed by atoms with E-state index in [1.54, 1.807) is 24.3 Å². The number of para-hydroxylation sites is 1. The molecule has 2 N–H and O–H groups in total. The predicted molar refractivity (Wildman–Crippen MR) is 78.5 cm³/mol. The smallest absolute Gasteiger partial charge is 0.251 e. The van der Waals surface area contributed by atoms with Crippen LogP contribution >= 0.6 is 0 Å². The summed E-state index contributed by atoms with van der Waals surface area (Å²) in [5.74, 6) is -2.91. The van der Waals surface area contributed by atoms with E-state index < -0.39 is 29.1 Å². The first-order chi connectivity index (χ1) is 10.5. The number of benzene rings is 2. The Balaban J connectivity index is 1.93. The van der Waals surface area contributed by atoms with Gasteiger partial charge in [0.1, 0.15) is 17.3 Å². The number of carbonyl (C=O) groups is 2. The summed E-state index contributed by atoms with van der Waals surface area (Å²) in [4.78, 5) is 23.5. The first-order valence-corrected chi connectivity index (χ1v) is 6.56. The summed E-state index contributed by atoms with van der Waals surface area (Å²) in [5.41, 5.74) is 0.872. The van der Waals surface area contributed by atoms with Crippen LogP contribution in [0.1, 0.15) is 15.9 Å². The van der Waals surface area contributed by atoms with E-state index in [4.69, 9.17) is 0 Å². The van der Waals surface area contributed by atoms with E-state index in [1.165, 1.54) is 6.07 Å². The third kappa shape index (κ3) is 3.88. The molecule has 22 heavy (non-hydrogen) atoms. The van der Waals surface area contributed by atoms with Crippen LogP contribution in [0.4, 0.5) is 14.5 Å². The molecule has 0 aromatic heterocycles. The Hall–Kier alpha value is -2.76. The molecule has 2 amide bonds. The normalized spacial score (nSPS) is 10.1. The zero-order valence-electron chi connectivity index (χ0n) is 11.8. The molecular weight excluding hydrogens is 290 g/mol. The maximum absolute atomic E-state index is 13.4. The molecule has 0 aliphatic rings. The molecule has 114 valence electrons. The average Bonchev–Trinajstić information content (AvgIpc) is 2.49. The number of amides is 2. The van der Waals surface area contributed by atoms with Crippen molar-refractivity contribution in [2.24, 2.45) is 0 Å². The molecule has 0 saturated heterocycles. The molecule has 2 aromatic carbocycles. The second-order valence-corrected chi connectivity index (χ2v) is 4.69. The topological polar surface area (TPSA) is 58.2 Å². The van der Waals surface area contributed by atoms with Crippen molar-refractivity contribution in [3.05, 3.63) is 65.2 Å². The fourth-order valence-corrected chi connectivity index (χ4v) is 1.77. The van der Waals surface area contributed by atoms with Crippen LogP contribution in [-0.4, -0.2) is 18.4 Å². The standard InChI is InChI=1S/C16H14F2N2O2/c1-10-5-7-11(8-6-10)16(22)19-9-14(21)20-15-12(17)3-2-4-13(15)18/h2-8H,9H2,1H3,(H,19,22)(H,20,21). The van der Waals surface area contributed by atoms with Crippen molar-refractivity contribution in [2.45, 2.75) is 6.92 Å². The third-order valence-electron chi connectivity index (χ3n) is 2.95. The van der Waals surface area contributed by atoms with Crippen LogP contribution in [0.2, 0.25) is 0 Å². The van der Waals surface area contributed by atoms with Crippen molar-refractivity contribution in [2.75, 3.05) is 11.9 Å². The first kappa shape index (κ1) is 15.6. The fourth-order valence-electron chi connectivity index (χ4n) is 1.77. The van der Waals surface area contributed by atoms with Gasteiger partial charge in [0.2, 0.25) is 5.91 Å². The first-order valence-electron chi connectivity index (χ1n) is 6.56. The molecule has 2 rings (SSSR count). The van der Waals surface area contributed by atoms with Gasteiger partial charge in [0.25, 0.3) is 5.91 Å². The molecule has 0 atom stereocenters. The Morgan fingerprint density at radius 3 is 2.18 bits per heavy atom. The van der Waals surface area contributed by atoms with Crippen molar-refractivity contribution < 1.29 is 18.4 Å². The van der Waals surface area contributed by atoms with Crippen molar-refractivity contribution in [1.82, 2.24) is 5.32 Å². The highest BCUT2D eigenvalue weighted by atomic mass is 19.1. The molecular formula is C16H14F2N2O2. The number of nitrogens with one attached hydrogen (secondary N) is 2. The van der Waals surface area contributed by atoms with E-state index in [2.05, 4.69) is 10.6 Å². The summed E-state index contributed by atoms with van der Waals surface area (Å²) in [7, 11) is 0. The number of rotatable bonds is 4. The maximum Gasteiger partial charge on any atom is 0.251 e. The minimum atomic E-state index is -0.877. The quantitative estimate of drug-likeness (QED) is 0.912. The molecule has 0 heterocycles. The van der Waals surface area contributed by atoms with Gasteiger partial charge in [0.15, 0.2) is 0 Å². The number of aryl methyl sites for hydroxylation is 1. The molecule has 0 spiro atoms. The Labute approximate surface area is 126 Å².